The highest BCUT2D eigenvalue weighted by molar-refractivity contribution is 5.85. The summed E-state index contributed by atoms with van der Waals surface area (Å²) in [5.74, 6) is 0.976. The molecule has 1 aromatic rings. The third kappa shape index (κ3) is 15.6. The van der Waals surface area contributed by atoms with Crippen LogP contribution in [0.15, 0.2) is 6.20 Å². The fourth-order valence-electron chi connectivity index (χ4n) is 2.31. The molecular formula is C23H44N4O4. The number of ether oxygens (including phenoxy) is 1. The number of carbonyl (C=O) groups excluding carboxylic acids is 2. The second kappa shape index (κ2) is 15.1. The molecular weight excluding hydrogens is 396 g/mol. The van der Waals surface area contributed by atoms with Crippen molar-refractivity contribution in [1.29, 1.82) is 0 Å². The Kier molecular flexibility index (Phi) is 14.2. The highest BCUT2D eigenvalue weighted by Gasteiger charge is 2.20. The molecule has 1 aromatic heterocycles. The molecule has 0 atom stereocenters. The van der Waals surface area contributed by atoms with E-state index >= 15 is 0 Å². The molecule has 8 nitrogen and oxygen atoms in total. The van der Waals surface area contributed by atoms with Gasteiger partial charge in [-0.2, -0.15) is 0 Å². The third-order valence-corrected chi connectivity index (χ3v) is 4.39. The SMILES string of the molecule is CC(C)CCOC(C)(C)Cn1cc(CNC(=O)CCC(=O)C(C)C)nn1.CC(C)CO. The van der Waals surface area contributed by atoms with E-state index in [1.807, 2.05) is 47.7 Å². The Hall–Kier alpha value is -1.80. The lowest BCUT2D eigenvalue weighted by molar-refractivity contribution is -0.126. The number of hydrogen-bond donors (Lipinski definition) is 2. The number of amides is 1. The zero-order valence-electron chi connectivity index (χ0n) is 20.8. The first-order valence-corrected chi connectivity index (χ1v) is 11.3. The van der Waals surface area contributed by atoms with E-state index in [4.69, 9.17) is 9.84 Å². The molecule has 0 saturated heterocycles. The Morgan fingerprint density at radius 1 is 1.13 bits per heavy atom. The minimum absolute atomic E-state index is 0.0335. The molecule has 0 fully saturated rings. The maximum atomic E-state index is 11.8. The number of aliphatic hydroxyl groups excluding tert-OH is 1. The van der Waals surface area contributed by atoms with Gasteiger partial charge in [0, 0.05) is 32.0 Å². The second-order valence-corrected chi connectivity index (χ2v) is 9.67. The molecule has 0 aliphatic heterocycles. The summed E-state index contributed by atoms with van der Waals surface area (Å²) in [5.41, 5.74) is 0.354. The molecule has 0 aliphatic rings. The van der Waals surface area contributed by atoms with E-state index in [0.717, 1.165) is 13.0 Å². The number of Topliss-reactive ketones (excluding diaryl/α,β-unsaturated/α-hetero) is 1. The van der Waals surface area contributed by atoms with Gasteiger partial charge in [0.15, 0.2) is 0 Å². The minimum atomic E-state index is -0.333. The lowest BCUT2D eigenvalue weighted by Gasteiger charge is -2.25. The Morgan fingerprint density at radius 3 is 2.26 bits per heavy atom. The third-order valence-electron chi connectivity index (χ3n) is 4.39. The predicted molar refractivity (Wildman–Crippen MR) is 122 cm³/mol. The normalized spacial score (nSPS) is 11.6. The van der Waals surface area contributed by atoms with Crippen LogP contribution < -0.4 is 5.32 Å². The van der Waals surface area contributed by atoms with Crippen LogP contribution in [-0.4, -0.2) is 50.6 Å². The van der Waals surface area contributed by atoms with Crippen LogP contribution in [0.2, 0.25) is 0 Å². The summed E-state index contributed by atoms with van der Waals surface area (Å²) in [6.07, 6.45) is 3.32. The number of nitrogens with zero attached hydrogens (tertiary/aromatic N) is 3. The van der Waals surface area contributed by atoms with E-state index in [-0.39, 0.29) is 36.1 Å². The summed E-state index contributed by atoms with van der Waals surface area (Å²) in [7, 11) is 0. The van der Waals surface area contributed by atoms with Crippen LogP contribution in [0.5, 0.6) is 0 Å². The topological polar surface area (TPSA) is 106 Å². The van der Waals surface area contributed by atoms with Crippen LogP contribution in [0.3, 0.4) is 0 Å². The first-order valence-electron chi connectivity index (χ1n) is 11.3. The summed E-state index contributed by atoms with van der Waals surface area (Å²) in [6.45, 7) is 18.0. The van der Waals surface area contributed by atoms with Crippen molar-refractivity contribution in [2.24, 2.45) is 17.8 Å². The van der Waals surface area contributed by atoms with Gasteiger partial charge < -0.3 is 15.2 Å². The Morgan fingerprint density at radius 2 is 1.74 bits per heavy atom. The van der Waals surface area contributed by atoms with Crippen LogP contribution in [0.1, 0.15) is 80.3 Å². The molecule has 0 radical (unpaired) electrons. The smallest absolute Gasteiger partial charge is 0.220 e. The molecule has 0 aliphatic carbocycles. The number of aromatic nitrogens is 3. The highest BCUT2D eigenvalue weighted by Crippen LogP contribution is 2.14. The average molecular weight is 441 g/mol. The number of nitrogens with one attached hydrogen (secondary N) is 1. The summed E-state index contributed by atoms with van der Waals surface area (Å²) in [5, 5.41) is 19.1. The lowest BCUT2D eigenvalue weighted by atomic mass is 10.0. The Labute approximate surface area is 188 Å². The molecule has 1 amide bonds. The van der Waals surface area contributed by atoms with Crippen molar-refractivity contribution in [3.8, 4) is 0 Å². The van der Waals surface area contributed by atoms with Gasteiger partial charge >= 0.3 is 0 Å². The van der Waals surface area contributed by atoms with Crippen molar-refractivity contribution in [2.45, 2.75) is 93.3 Å². The Balaban J connectivity index is 0.00000161. The van der Waals surface area contributed by atoms with Gasteiger partial charge in [-0.15, -0.1) is 5.10 Å². The second-order valence-electron chi connectivity index (χ2n) is 9.67. The van der Waals surface area contributed by atoms with Gasteiger partial charge in [0.1, 0.15) is 11.5 Å². The monoisotopic (exact) mass is 440 g/mol. The van der Waals surface area contributed by atoms with E-state index in [1.165, 1.54) is 0 Å². The van der Waals surface area contributed by atoms with Gasteiger partial charge in [0.2, 0.25) is 5.91 Å². The number of rotatable bonds is 13. The average Bonchev–Trinajstić information content (AvgIpc) is 3.10. The Bertz CT molecular complexity index is 639. The summed E-state index contributed by atoms with van der Waals surface area (Å²) < 4.78 is 7.67. The molecule has 8 heteroatoms. The standard InChI is InChI=1S/C19H34N4O3.C4H10O/c1-14(2)9-10-26-19(5,6)13-23-12-16(21-22-23)11-20-18(25)8-7-17(24)15(3)4;1-4(2)3-5/h12,14-15H,7-11,13H2,1-6H3,(H,20,25);4-5H,3H2,1-2H3. The fourth-order valence-corrected chi connectivity index (χ4v) is 2.31. The number of ketones is 1. The number of carbonyl (C=O) groups is 2. The number of hydrogen-bond acceptors (Lipinski definition) is 6. The molecule has 2 N–H and O–H groups in total. The summed E-state index contributed by atoms with van der Waals surface area (Å²) in [6, 6.07) is 0. The molecule has 31 heavy (non-hydrogen) atoms. The summed E-state index contributed by atoms with van der Waals surface area (Å²) >= 11 is 0. The first kappa shape index (κ1) is 29.2. The molecule has 0 saturated carbocycles. The molecule has 0 spiro atoms. The van der Waals surface area contributed by atoms with Gasteiger partial charge in [0.25, 0.3) is 0 Å². The van der Waals surface area contributed by atoms with E-state index in [2.05, 4.69) is 29.5 Å². The molecule has 0 aromatic carbocycles. The minimum Gasteiger partial charge on any atom is -0.396 e. The zero-order valence-corrected chi connectivity index (χ0v) is 20.8. The summed E-state index contributed by atoms with van der Waals surface area (Å²) in [4.78, 5) is 23.4. The number of aliphatic hydroxyl groups is 1. The predicted octanol–water partition coefficient (Wildman–Crippen LogP) is 3.38. The van der Waals surface area contributed by atoms with Crippen molar-refractivity contribution < 1.29 is 19.4 Å². The van der Waals surface area contributed by atoms with Gasteiger partial charge in [-0.3, -0.25) is 9.59 Å². The lowest BCUT2D eigenvalue weighted by Crippen LogP contribution is -2.31. The van der Waals surface area contributed by atoms with Gasteiger partial charge in [-0.25, -0.2) is 4.68 Å². The van der Waals surface area contributed by atoms with Gasteiger partial charge in [0.05, 0.1) is 24.9 Å². The van der Waals surface area contributed by atoms with Crippen LogP contribution in [0.25, 0.3) is 0 Å². The van der Waals surface area contributed by atoms with Crippen molar-refractivity contribution >= 4 is 11.7 Å². The van der Waals surface area contributed by atoms with E-state index in [9.17, 15) is 9.59 Å². The van der Waals surface area contributed by atoms with Crippen LogP contribution in [-0.2, 0) is 27.4 Å². The molecule has 180 valence electrons. The van der Waals surface area contributed by atoms with Crippen molar-refractivity contribution in [1.82, 2.24) is 20.3 Å². The zero-order chi connectivity index (χ0) is 24.0. The maximum absolute atomic E-state index is 11.8. The van der Waals surface area contributed by atoms with Crippen molar-refractivity contribution in [3.05, 3.63) is 11.9 Å². The molecule has 1 heterocycles. The molecule has 0 bridgehead atoms. The van der Waals surface area contributed by atoms with Crippen molar-refractivity contribution in [3.63, 3.8) is 0 Å². The molecule has 0 unspecified atom stereocenters. The highest BCUT2D eigenvalue weighted by atomic mass is 16.5. The van der Waals surface area contributed by atoms with Crippen molar-refractivity contribution in [2.75, 3.05) is 13.2 Å². The van der Waals surface area contributed by atoms with Crippen LogP contribution >= 0.6 is 0 Å². The largest absolute Gasteiger partial charge is 0.396 e. The first-order chi connectivity index (χ1) is 14.4. The molecule has 1 rings (SSSR count). The van der Waals surface area contributed by atoms with E-state index < -0.39 is 0 Å². The van der Waals surface area contributed by atoms with Gasteiger partial charge in [-0.05, 0) is 32.1 Å². The maximum Gasteiger partial charge on any atom is 0.220 e. The van der Waals surface area contributed by atoms with E-state index in [0.29, 0.717) is 37.2 Å². The van der Waals surface area contributed by atoms with Gasteiger partial charge in [-0.1, -0.05) is 46.8 Å². The van der Waals surface area contributed by atoms with Crippen LogP contribution in [0.4, 0.5) is 0 Å². The van der Waals surface area contributed by atoms with Crippen LogP contribution in [0, 0.1) is 17.8 Å². The fraction of sp³-hybridized carbons (Fsp3) is 0.826. The quantitative estimate of drug-likeness (QED) is 0.487. The van der Waals surface area contributed by atoms with E-state index in [1.54, 1.807) is 4.68 Å².